The van der Waals surface area contributed by atoms with Gasteiger partial charge in [0.15, 0.2) is 0 Å². The van der Waals surface area contributed by atoms with Gasteiger partial charge in [-0.25, -0.2) is 9.37 Å². The summed E-state index contributed by atoms with van der Waals surface area (Å²) in [5.74, 6) is 1.02. The van der Waals surface area contributed by atoms with E-state index >= 15 is 0 Å². The molecule has 0 fully saturated rings. The summed E-state index contributed by atoms with van der Waals surface area (Å²) in [6, 6.07) is 4.60. The Labute approximate surface area is 105 Å². The highest BCUT2D eigenvalue weighted by atomic mass is 35.5. The fourth-order valence-corrected chi connectivity index (χ4v) is 2.00. The Morgan fingerprint density at radius 3 is 2.88 bits per heavy atom. The van der Waals surface area contributed by atoms with E-state index in [0.717, 1.165) is 5.82 Å². The molecular weight excluding hydrogens is 239 g/mol. The molecule has 4 heteroatoms. The van der Waals surface area contributed by atoms with E-state index in [4.69, 9.17) is 11.6 Å². The average Bonchev–Trinajstić information content (AvgIpc) is 2.71. The molecule has 17 heavy (non-hydrogen) atoms. The highest BCUT2D eigenvalue weighted by molar-refractivity contribution is 6.30. The molecule has 2 nitrogen and oxygen atoms in total. The van der Waals surface area contributed by atoms with E-state index < -0.39 is 0 Å². The molecule has 0 unspecified atom stereocenters. The number of hydrogen-bond acceptors (Lipinski definition) is 1. The van der Waals surface area contributed by atoms with Crippen molar-refractivity contribution in [2.45, 2.75) is 26.3 Å². The fraction of sp³-hybridized carbons (Fsp3) is 0.308. The van der Waals surface area contributed by atoms with Crippen LogP contribution < -0.4 is 0 Å². The normalized spacial score (nSPS) is 11.1. The van der Waals surface area contributed by atoms with Gasteiger partial charge in [-0.3, -0.25) is 0 Å². The first-order chi connectivity index (χ1) is 8.08. The van der Waals surface area contributed by atoms with Crippen LogP contribution >= 0.6 is 11.6 Å². The third kappa shape index (κ3) is 2.67. The minimum atomic E-state index is -0.238. The molecule has 0 aliphatic heterocycles. The first kappa shape index (κ1) is 12.1. The van der Waals surface area contributed by atoms with Gasteiger partial charge >= 0.3 is 0 Å². The standard InChI is InChI=1S/C13H14ClFN2/c1-9(2)13-16-5-6-17(13)8-10-7-11(14)3-4-12(10)15/h3-7,9H,8H2,1-2H3. The van der Waals surface area contributed by atoms with Crippen molar-refractivity contribution >= 4 is 11.6 Å². The number of rotatable bonds is 3. The van der Waals surface area contributed by atoms with Crippen molar-refractivity contribution in [3.8, 4) is 0 Å². The quantitative estimate of drug-likeness (QED) is 0.811. The predicted molar refractivity (Wildman–Crippen MR) is 66.8 cm³/mol. The number of nitrogens with zero attached hydrogens (tertiary/aromatic N) is 2. The van der Waals surface area contributed by atoms with E-state index in [2.05, 4.69) is 18.8 Å². The number of benzene rings is 1. The lowest BCUT2D eigenvalue weighted by molar-refractivity contribution is 0.588. The van der Waals surface area contributed by atoms with Crippen LogP contribution in [-0.4, -0.2) is 9.55 Å². The number of imidazole rings is 1. The maximum absolute atomic E-state index is 13.6. The Morgan fingerprint density at radius 2 is 2.18 bits per heavy atom. The van der Waals surface area contributed by atoms with E-state index in [0.29, 0.717) is 23.0 Å². The summed E-state index contributed by atoms with van der Waals surface area (Å²) in [4.78, 5) is 4.27. The maximum Gasteiger partial charge on any atom is 0.128 e. The van der Waals surface area contributed by atoms with Gasteiger partial charge in [0.05, 0.1) is 6.54 Å². The number of aromatic nitrogens is 2. The van der Waals surface area contributed by atoms with E-state index in [9.17, 15) is 4.39 Å². The molecule has 0 atom stereocenters. The molecule has 0 bridgehead atoms. The van der Waals surface area contributed by atoms with Crippen LogP contribution in [0.3, 0.4) is 0 Å². The first-order valence-electron chi connectivity index (χ1n) is 5.53. The van der Waals surface area contributed by atoms with Crippen LogP contribution in [0.25, 0.3) is 0 Å². The molecule has 0 radical (unpaired) electrons. The van der Waals surface area contributed by atoms with Crippen LogP contribution in [0.2, 0.25) is 5.02 Å². The minimum absolute atomic E-state index is 0.238. The number of halogens is 2. The third-order valence-electron chi connectivity index (χ3n) is 2.61. The summed E-state index contributed by atoms with van der Waals surface area (Å²) >= 11 is 5.87. The molecule has 0 spiro atoms. The van der Waals surface area contributed by atoms with Gasteiger partial charge < -0.3 is 4.57 Å². The van der Waals surface area contributed by atoms with Crippen molar-refractivity contribution in [3.05, 3.63) is 52.8 Å². The zero-order chi connectivity index (χ0) is 12.4. The van der Waals surface area contributed by atoms with Gasteiger partial charge in [-0.15, -0.1) is 0 Å². The van der Waals surface area contributed by atoms with Crippen LogP contribution in [0, 0.1) is 5.82 Å². The number of hydrogen-bond donors (Lipinski definition) is 0. The fourth-order valence-electron chi connectivity index (χ4n) is 1.80. The van der Waals surface area contributed by atoms with Crippen molar-refractivity contribution < 1.29 is 4.39 Å². The monoisotopic (exact) mass is 252 g/mol. The van der Waals surface area contributed by atoms with E-state index in [1.165, 1.54) is 6.07 Å². The molecule has 90 valence electrons. The third-order valence-corrected chi connectivity index (χ3v) is 2.85. The summed E-state index contributed by atoms with van der Waals surface area (Å²) in [5, 5.41) is 0.549. The van der Waals surface area contributed by atoms with E-state index in [1.54, 1.807) is 18.3 Å². The molecule has 0 aliphatic rings. The van der Waals surface area contributed by atoms with Crippen molar-refractivity contribution in [3.63, 3.8) is 0 Å². The van der Waals surface area contributed by atoms with Gasteiger partial charge in [0.1, 0.15) is 11.6 Å². The Morgan fingerprint density at radius 1 is 1.41 bits per heavy atom. The van der Waals surface area contributed by atoms with Gasteiger partial charge in [-0.2, -0.15) is 0 Å². The molecule has 0 saturated carbocycles. The Bertz CT molecular complexity index is 520. The van der Waals surface area contributed by atoms with Crippen molar-refractivity contribution in [1.82, 2.24) is 9.55 Å². The zero-order valence-electron chi connectivity index (χ0n) is 9.82. The summed E-state index contributed by atoms with van der Waals surface area (Å²) in [5.41, 5.74) is 0.581. The van der Waals surface area contributed by atoms with Gasteiger partial charge in [-0.05, 0) is 18.2 Å². The van der Waals surface area contributed by atoms with Crippen molar-refractivity contribution in [2.75, 3.05) is 0 Å². The molecule has 2 rings (SSSR count). The SMILES string of the molecule is CC(C)c1nccn1Cc1cc(Cl)ccc1F. The second-order valence-corrected chi connectivity index (χ2v) is 4.74. The largest absolute Gasteiger partial charge is 0.330 e. The van der Waals surface area contributed by atoms with Gasteiger partial charge in [0, 0.05) is 28.9 Å². The second kappa shape index (κ2) is 4.88. The highest BCUT2D eigenvalue weighted by Crippen LogP contribution is 2.18. The van der Waals surface area contributed by atoms with Crippen molar-refractivity contribution in [2.24, 2.45) is 0 Å². The van der Waals surface area contributed by atoms with Gasteiger partial charge in [0.25, 0.3) is 0 Å². The second-order valence-electron chi connectivity index (χ2n) is 4.30. The Hall–Kier alpha value is -1.35. The summed E-state index contributed by atoms with van der Waals surface area (Å²) < 4.78 is 15.5. The van der Waals surface area contributed by atoms with E-state index in [-0.39, 0.29) is 5.82 Å². The lowest BCUT2D eigenvalue weighted by Crippen LogP contribution is -2.07. The highest BCUT2D eigenvalue weighted by Gasteiger charge is 2.10. The van der Waals surface area contributed by atoms with Crippen molar-refractivity contribution in [1.29, 1.82) is 0 Å². The lowest BCUT2D eigenvalue weighted by atomic mass is 10.2. The Balaban J connectivity index is 2.31. The maximum atomic E-state index is 13.6. The van der Waals surface area contributed by atoms with Gasteiger partial charge in [-0.1, -0.05) is 25.4 Å². The molecule has 1 heterocycles. The average molecular weight is 253 g/mol. The van der Waals surface area contributed by atoms with Gasteiger partial charge in [0.2, 0.25) is 0 Å². The van der Waals surface area contributed by atoms with Crippen LogP contribution in [0.5, 0.6) is 0 Å². The zero-order valence-corrected chi connectivity index (χ0v) is 10.6. The molecule has 0 N–H and O–H groups in total. The predicted octanol–water partition coefficient (Wildman–Crippen LogP) is 3.85. The molecule has 1 aromatic heterocycles. The van der Waals surface area contributed by atoms with Crippen LogP contribution in [0.4, 0.5) is 4.39 Å². The smallest absolute Gasteiger partial charge is 0.128 e. The first-order valence-corrected chi connectivity index (χ1v) is 5.90. The topological polar surface area (TPSA) is 17.8 Å². The summed E-state index contributed by atoms with van der Waals surface area (Å²) in [6.45, 7) is 4.58. The molecular formula is C13H14ClFN2. The molecule has 2 aromatic rings. The lowest BCUT2D eigenvalue weighted by Gasteiger charge is -2.11. The Kier molecular flexibility index (Phi) is 3.48. The summed E-state index contributed by atoms with van der Waals surface area (Å²) in [6.07, 6.45) is 3.59. The van der Waals surface area contributed by atoms with E-state index in [1.807, 2.05) is 10.8 Å². The molecule has 0 aliphatic carbocycles. The van der Waals surface area contributed by atoms with Crippen LogP contribution in [0.1, 0.15) is 31.2 Å². The summed E-state index contributed by atoms with van der Waals surface area (Å²) in [7, 11) is 0. The minimum Gasteiger partial charge on any atom is -0.330 e. The molecule has 0 amide bonds. The van der Waals surface area contributed by atoms with Crippen LogP contribution in [-0.2, 0) is 6.54 Å². The van der Waals surface area contributed by atoms with Crippen LogP contribution in [0.15, 0.2) is 30.6 Å². The molecule has 1 aromatic carbocycles. The molecule has 0 saturated heterocycles.